The smallest absolute Gasteiger partial charge is 0.0163 e. The van der Waals surface area contributed by atoms with E-state index in [0.29, 0.717) is 0 Å². The maximum atomic E-state index is 4.05. The molecule has 1 rings (SSSR count). The fourth-order valence-corrected chi connectivity index (χ4v) is 1.33. The molecule has 1 aliphatic carbocycles. The molecule has 0 nitrogen and oxygen atoms in total. The lowest BCUT2D eigenvalue weighted by molar-refractivity contribution is 1.39. The van der Waals surface area contributed by atoms with Crippen molar-refractivity contribution in [1.82, 2.24) is 0 Å². The van der Waals surface area contributed by atoms with E-state index in [9.17, 15) is 0 Å². The molecule has 0 atom stereocenters. The molecular formula is C17H18. The average molecular weight is 222 g/mol. The Labute approximate surface area is 104 Å². The molecule has 0 heterocycles. The summed E-state index contributed by atoms with van der Waals surface area (Å²) in [6.45, 7) is 7.70. The molecule has 0 aromatic heterocycles. The zero-order valence-corrected chi connectivity index (χ0v) is 10.0. The van der Waals surface area contributed by atoms with Crippen molar-refractivity contribution in [2.24, 2.45) is 0 Å². The Balaban J connectivity index is 2.96. The fraction of sp³-hybridized carbons (Fsp3) is 0.0588. The molecule has 0 N–H and O–H groups in total. The minimum atomic E-state index is 0.955. The van der Waals surface area contributed by atoms with Crippen molar-refractivity contribution in [3.63, 3.8) is 0 Å². The van der Waals surface area contributed by atoms with Crippen LogP contribution >= 0.6 is 0 Å². The summed E-state index contributed by atoms with van der Waals surface area (Å²) < 4.78 is 0. The molecule has 0 aliphatic heterocycles. The van der Waals surface area contributed by atoms with Gasteiger partial charge in [0.25, 0.3) is 0 Å². The zero-order chi connectivity index (χ0) is 12.3. The van der Waals surface area contributed by atoms with E-state index in [0.717, 1.165) is 17.6 Å². The van der Waals surface area contributed by atoms with Gasteiger partial charge >= 0.3 is 0 Å². The quantitative estimate of drug-likeness (QED) is 0.586. The third kappa shape index (κ3) is 5.53. The van der Waals surface area contributed by atoms with Gasteiger partial charge in [-0.1, -0.05) is 86.1 Å². The first-order valence-electron chi connectivity index (χ1n) is 5.69. The normalized spacial score (nSPS) is 26.4. The van der Waals surface area contributed by atoms with Crippen LogP contribution in [0.25, 0.3) is 0 Å². The van der Waals surface area contributed by atoms with Gasteiger partial charge in [-0.2, -0.15) is 0 Å². The monoisotopic (exact) mass is 222 g/mol. The lowest BCUT2D eigenvalue weighted by atomic mass is 10.1. The molecule has 0 unspecified atom stereocenters. The van der Waals surface area contributed by atoms with Crippen molar-refractivity contribution in [3.05, 3.63) is 97.2 Å². The second kappa shape index (κ2) is 8.12. The number of rotatable bonds is 2. The summed E-state index contributed by atoms with van der Waals surface area (Å²) in [4.78, 5) is 0. The Bertz CT molecular complexity index is 435. The lowest BCUT2D eigenvalue weighted by Gasteiger charge is -1.99. The lowest BCUT2D eigenvalue weighted by Crippen LogP contribution is -1.79. The van der Waals surface area contributed by atoms with Crippen molar-refractivity contribution >= 4 is 0 Å². The van der Waals surface area contributed by atoms with Gasteiger partial charge in [-0.05, 0) is 17.6 Å². The summed E-state index contributed by atoms with van der Waals surface area (Å²) in [5.74, 6) is 0. The fourth-order valence-electron chi connectivity index (χ4n) is 1.33. The summed E-state index contributed by atoms with van der Waals surface area (Å²) in [6.07, 6.45) is 25.0. The molecule has 0 saturated carbocycles. The number of hydrogen-bond acceptors (Lipinski definition) is 0. The molecule has 0 aromatic carbocycles. The molecule has 17 heavy (non-hydrogen) atoms. The van der Waals surface area contributed by atoms with Gasteiger partial charge in [0, 0.05) is 0 Å². The first-order chi connectivity index (χ1) is 8.34. The van der Waals surface area contributed by atoms with Crippen LogP contribution in [0.15, 0.2) is 97.2 Å². The highest BCUT2D eigenvalue weighted by Crippen LogP contribution is 2.12. The average Bonchev–Trinajstić information content (AvgIpc) is 2.37. The van der Waals surface area contributed by atoms with E-state index in [-0.39, 0.29) is 0 Å². The summed E-state index contributed by atoms with van der Waals surface area (Å²) >= 11 is 0. The molecule has 0 amide bonds. The van der Waals surface area contributed by atoms with Gasteiger partial charge in [0.2, 0.25) is 0 Å². The first-order valence-corrected chi connectivity index (χ1v) is 5.69. The van der Waals surface area contributed by atoms with E-state index >= 15 is 0 Å². The predicted octanol–water partition coefficient (Wildman–Crippen LogP) is 4.84. The van der Waals surface area contributed by atoms with Crippen LogP contribution in [0.2, 0.25) is 0 Å². The molecular weight excluding hydrogens is 204 g/mol. The van der Waals surface area contributed by atoms with Gasteiger partial charge < -0.3 is 0 Å². The van der Waals surface area contributed by atoms with Crippen LogP contribution in [0.4, 0.5) is 0 Å². The molecule has 0 fully saturated rings. The topological polar surface area (TPSA) is 0 Å². The van der Waals surface area contributed by atoms with Gasteiger partial charge in [-0.15, -0.1) is 0 Å². The van der Waals surface area contributed by atoms with Crippen LogP contribution in [-0.2, 0) is 0 Å². The molecule has 1 aliphatic rings. The van der Waals surface area contributed by atoms with Crippen molar-refractivity contribution in [2.75, 3.05) is 0 Å². The van der Waals surface area contributed by atoms with Gasteiger partial charge in [0.15, 0.2) is 0 Å². The summed E-state index contributed by atoms with van der Waals surface area (Å²) in [6, 6.07) is 0. The van der Waals surface area contributed by atoms with Gasteiger partial charge in [0.05, 0.1) is 0 Å². The Morgan fingerprint density at radius 3 is 2.35 bits per heavy atom. The van der Waals surface area contributed by atoms with Gasteiger partial charge in [-0.3, -0.25) is 0 Å². The largest absolute Gasteiger partial charge is 0.0991 e. The van der Waals surface area contributed by atoms with Gasteiger partial charge in [-0.25, -0.2) is 0 Å². The van der Waals surface area contributed by atoms with Crippen LogP contribution < -0.4 is 0 Å². The molecule has 0 aromatic rings. The Morgan fingerprint density at radius 1 is 0.941 bits per heavy atom. The third-order valence-electron chi connectivity index (χ3n) is 2.23. The van der Waals surface area contributed by atoms with Gasteiger partial charge in [0.1, 0.15) is 0 Å². The molecule has 0 spiro atoms. The number of hydrogen-bond donors (Lipinski definition) is 0. The highest BCUT2D eigenvalue weighted by atomic mass is 14.0. The third-order valence-corrected chi connectivity index (χ3v) is 2.23. The Hall–Kier alpha value is -2.08. The molecule has 0 radical (unpaired) electrons. The van der Waals surface area contributed by atoms with Crippen molar-refractivity contribution < 1.29 is 0 Å². The maximum Gasteiger partial charge on any atom is -0.0163 e. The van der Waals surface area contributed by atoms with Crippen LogP contribution in [-0.4, -0.2) is 0 Å². The van der Waals surface area contributed by atoms with Crippen molar-refractivity contribution in [2.45, 2.75) is 6.42 Å². The Morgan fingerprint density at radius 2 is 1.65 bits per heavy atom. The highest BCUT2D eigenvalue weighted by Gasteiger charge is 1.93. The zero-order valence-electron chi connectivity index (χ0n) is 10.0. The minimum Gasteiger partial charge on any atom is -0.0991 e. The highest BCUT2D eigenvalue weighted by molar-refractivity contribution is 5.47. The maximum absolute atomic E-state index is 4.05. The minimum absolute atomic E-state index is 0.955. The van der Waals surface area contributed by atoms with Crippen LogP contribution in [0.5, 0.6) is 0 Å². The van der Waals surface area contributed by atoms with Crippen molar-refractivity contribution in [1.29, 1.82) is 0 Å². The second-order valence-electron chi connectivity index (χ2n) is 3.58. The molecule has 86 valence electrons. The van der Waals surface area contributed by atoms with E-state index in [4.69, 9.17) is 0 Å². The van der Waals surface area contributed by atoms with E-state index in [1.807, 2.05) is 48.6 Å². The van der Waals surface area contributed by atoms with Crippen LogP contribution in [0.3, 0.4) is 0 Å². The summed E-state index contributed by atoms with van der Waals surface area (Å²) in [5, 5.41) is 0. The first kappa shape index (κ1) is 13.0. The summed E-state index contributed by atoms with van der Waals surface area (Å²) in [5.41, 5.74) is 2.09. The number of allylic oxidation sites excluding steroid dienone is 14. The van der Waals surface area contributed by atoms with E-state index in [2.05, 4.69) is 31.4 Å². The standard InChI is InChI=1S/C17H18/c1-3-4-10-14-17-15-12-9-7-5-6-8-11-13-16(17)2/h3-4,6-15H,1-2,5H2/b8-6-,9-7-,10-4-,13-11-,15-12-,17-14+. The molecule has 0 heteroatoms. The predicted molar refractivity (Wildman–Crippen MR) is 77.7 cm³/mol. The van der Waals surface area contributed by atoms with Crippen LogP contribution in [0.1, 0.15) is 6.42 Å². The summed E-state index contributed by atoms with van der Waals surface area (Å²) in [7, 11) is 0. The second-order valence-corrected chi connectivity index (χ2v) is 3.58. The van der Waals surface area contributed by atoms with E-state index in [1.54, 1.807) is 6.08 Å². The van der Waals surface area contributed by atoms with Crippen molar-refractivity contribution in [3.8, 4) is 0 Å². The SMILES string of the molecule is C=C\C=C/C=C1\C=C/C=C\C/C=C\C=C/C1=C. The van der Waals surface area contributed by atoms with E-state index < -0.39 is 0 Å². The molecule has 0 bridgehead atoms. The van der Waals surface area contributed by atoms with Crippen LogP contribution in [0, 0.1) is 0 Å². The van der Waals surface area contributed by atoms with E-state index in [1.165, 1.54) is 0 Å². The Kier molecular flexibility index (Phi) is 6.20. The molecule has 0 saturated heterocycles.